The molecule has 0 amide bonds. The van der Waals surface area contributed by atoms with E-state index in [0.29, 0.717) is 15.6 Å². The van der Waals surface area contributed by atoms with Crippen LogP contribution in [0.25, 0.3) is 0 Å². The van der Waals surface area contributed by atoms with Gasteiger partial charge in [-0.05, 0) is 24.5 Å². The monoisotopic (exact) mass is 283 g/mol. The van der Waals surface area contributed by atoms with E-state index in [1.807, 2.05) is 0 Å². The summed E-state index contributed by atoms with van der Waals surface area (Å²) in [6.45, 7) is 0.0684. The molecule has 1 aliphatic carbocycles. The van der Waals surface area contributed by atoms with Crippen molar-refractivity contribution < 1.29 is 13.2 Å². The summed E-state index contributed by atoms with van der Waals surface area (Å²) in [6, 6.07) is 4.93. The second-order valence-electron chi connectivity index (χ2n) is 4.15. The second kappa shape index (κ2) is 4.34. The van der Waals surface area contributed by atoms with Gasteiger partial charge in [-0.15, -0.1) is 0 Å². The zero-order valence-electron chi connectivity index (χ0n) is 8.74. The van der Waals surface area contributed by atoms with Gasteiger partial charge in [-0.1, -0.05) is 35.3 Å². The van der Waals surface area contributed by atoms with Crippen molar-refractivity contribution in [2.45, 2.75) is 31.1 Å². The Bertz CT molecular complexity index is 427. The molecule has 1 fully saturated rings. The standard InChI is InChI=1S/C11H10Cl2F3N/c12-8-3-1-2-7(9(8)13)6-17-10(4-5-10)11(14,15)16/h1-3,17H,4-6H2. The molecule has 0 atom stereocenters. The van der Waals surface area contributed by atoms with Gasteiger partial charge in [0.25, 0.3) is 0 Å². The number of rotatable bonds is 3. The topological polar surface area (TPSA) is 12.0 Å². The summed E-state index contributed by atoms with van der Waals surface area (Å²) in [7, 11) is 0. The first kappa shape index (κ1) is 13.0. The number of benzene rings is 1. The van der Waals surface area contributed by atoms with Gasteiger partial charge < -0.3 is 0 Å². The number of hydrogen-bond donors (Lipinski definition) is 1. The highest BCUT2D eigenvalue weighted by Crippen LogP contribution is 2.49. The van der Waals surface area contributed by atoms with Crippen molar-refractivity contribution in [1.82, 2.24) is 5.32 Å². The molecule has 6 heteroatoms. The average Bonchev–Trinajstić information content (AvgIpc) is 3.00. The van der Waals surface area contributed by atoms with Crippen LogP contribution in [0.1, 0.15) is 18.4 Å². The molecule has 0 bridgehead atoms. The van der Waals surface area contributed by atoms with Crippen LogP contribution in [0.4, 0.5) is 13.2 Å². The third-order valence-electron chi connectivity index (χ3n) is 2.94. The van der Waals surface area contributed by atoms with Gasteiger partial charge in [0.15, 0.2) is 0 Å². The number of hydrogen-bond acceptors (Lipinski definition) is 1. The Morgan fingerprint density at radius 1 is 1.24 bits per heavy atom. The van der Waals surface area contributed by atoms with Crippen LogP contribution >= 0.6 is 23.2 Å². The highest BCUT2D eigenvalue weighted by atomic mass is 35.5. The van der Waals surface area contributed by atoms with Crippen LogP contribution in [-0.4, -0.2) is 11.7 Å². The highest BCUT2D eigenvalue weighted by molar-refractivity contribution is 6.42. The van der Waals surface area contributed by atoms with Crippen molar-refractivity contribution in [2.24, 2.45) is 0 Å². The van der Waals surface area contributed by atoms with Gasteiger partial charge in [0.1, 0.15) is 5.54 Å². The third-order valence-corrected chi connectivity index (χ3v) is 3.80. The van der Waals surface area contributed by atoms with Gasteiger partial charge in [-0.2, -0.15) is 13.2 Å². The van der Waals surface area contributed by atoms with Gasteiger partial charge in [-0.25, -0.2) is 0 Å². The fourth-order valence-corrected chi connectivity index (χ4v) is 2.02. The van der Waals surface area contributed by atoms with E-state index >= 15 is 0 Å². The summed E-state index contributed by atoms with van der Waals surface area (Å²) in [5.74, 6) is 0. The molecule has 94 valence electrons. The lowest BCUT2D eigenvalue weighted by Crippen LogP contribution is -2.44. The lowest BCUT2D eigenvalue weighted by atomic mass is 10.2. The Balaban J connectivity index is 2.06. The van der Waals surface area contributed by atoms with Crippen molar-refractivity contribution >= 4 is 23.2 Å². The number of alkyl halides is 3. The fourth-order valence-electron chi connectivity index (χ4n) is 1.63. The molecule has 0 saturated heterocycles. The van der Waals surface area contributed by atoms with Crippen LogP contribution in [0.3, 0.4) is 0 Å². The summed E-state index contributed by atoms with van der Waals surface area (Å²) in [5.41, 5.74) is -1.15. The van der Waals surface area contributed by atoms with E-state index in [4.69, 9.17) is 23.2 Å². The van der Waals surface area contributed by atoms with Crippen molar-refractivity contribution in [3.8, 4) is 0 Å². The minimum Gasteiger partial charge on any atom is -0.299 e. The number of nitrogens with one attached hydrogen (secondary N) is 1. The normalized spacial score (nSPS) is 18.2. The minimum absolute atomic E-state index is 0.0684. The maximum atomic E-state index is 12.7. The molecule has 1 aromatic carbocycles. The van der Waals surface area contributed by atoms with Gasteiger partial charge in [0.2, 0.25) is 0 Å². The Hall–Kier alpha value is -0.450. The first-order valence-corrected chi connectivity index (χ1v) is 5.86. The van der Waals surface area contributed by atoms with Crippen LogP contribution in [0.15, 0.2) is 18.2 Å². The molecular weight excluding hydrogens is 274 g/mol. The quantitative estimate of drug-likeness (QED) is 0.878. The Morgan fingerprint density at radius 3 is 2.41 bits per heavy atom. The lowest BCUT2D eigenvalue weighted by Gasteiger charge is -2.21. The summed E-state index contributed by atoms with van der Waals surface area (Å²) >= 11 is 11.7. The van der Waals surface area contributed by atoms with Crippen LogP contribution in [0.2, 0.25) is 10.0 Å². The van der Waals surface area contributed by atoms with Crippen molar-refractivity contribution in [3.05, 3.63) is 33.8 Å². The summed E-state index contributed by atoms with van der Waals surface area (Å²) in [5, 5.41) is 3.18. The molecule has 1 N–H and O–H groups in total. The van der Waals surface area contributed by atoms with Crippen molar-refractivity contribution in [1.29, 1.82) is 0 Å². The Morgan fingerprint density at radius 2 is 1.88 bits per heavy atom. The molecule has 0 heterocycles. The van der Waals surface area contributed by atoms with Crippen LogP contribution in [0, 0.1) is 0 Å². The molecule has 17 heavy (non-hydrogen) atoms. The zero-order chi connectivity index (χ0) is 12.7. The molecule has 0 radical (unpaired) electrons. The van der Waals surface area contributed by atoms with Crippen LogP contribution in [0.5, 0.6) is 0 Å². The van der Waals surface area contributed by atoms with Gasteiger partial charge in [0, 0.05) is 6.54 Å². The molecule has 0 unspecified atom stereocenters. The summed E-state index contributed by atoms with van der Waals surface area (Å²) < 4.78 is 38.0. The summed E-state index contributed by atoms with van der Waals surface area (Å²) in [4.78, 5) is 0. The molecule has 0 aromatic heterocycles. The summed E-state index contributed by atoms with van der Waals surface area (Å²) in [6.07, 6.45) is -3.97. The Kier molecular flexibility index (Phi) is 3.31. The van der Waals surface area contributed by atoms with E-state index < -0.39 is 11.7 Å². The fraction of sp³-hybridized carbons (Fsp3) is 0.455. The van der Waals surface area contributed by atoms with Crippen molar-refractivity contribution in [3.63, 3.8) is 0 Å². The maximum Gasteiger partial charge on any atom is 0.406 e. The molecule has 1 saturated carbocycles. The Labute approximate surface area is 107 Å². The van der Waals surface area contributed by atoms with Crippen LogP contribution in [-0.2, 0) is 6.54 Å². The smallest absolute Gasteiger partial charge is 0.299 e. The van der Waals surface area contributed by atoms with Crippen LogP contribution < -0.4 is 5.32 Å². The average molecular weight is 284 g/mol. The lowest BCUT2D eigenvalue weighted by molar-refractivity contribution is -0.166. The van der Waals surface area contributed by atoms with E-state index in [-0.39, 0.29) is 19.4 Å². The van der Waals surface area contributed by atoms with E-state index in [1.165, 1.54) is 0 Å². The molecule has 0 spiro atoms. The molecular formula is C11H10Cl2F3N. The maximum absolute atomic E-state index is 12.7. The van der Waals surface area contributed by atoms with E-state index in [2.05, 4.69) is 5.32 Å². The number of halogens is 5. The molecule has 1 aromatic rings. The predicted molar refractivity (Wildman–Crippen MR) is 61.3 cm³/mol. The van der Waals surface area contributed by atoms with E-state index in [1.54, 1.807) is 18.2 Å². The van der Waals surface area contributed by atoms with E-state index in [9.17, 15) is 13.2 Å². The van der Waals surface area contributed by atoms with Gasteiger partial charge in [0.05, 0.1) is 10.0 Å². The zero-order valence-corrected chi connectivity index (χ0v) is 10.3. The SMILES string of the molecule is FC(F)(F)C1(NCc2cccc(Cl)c2Cl)CC1. The third kappa shape index (κ3) is 2.54. The first-order valence-electron chi connectivity index (χ1n) is 5.10. The first-order chi connectivity index (χ1) is 7.86. The molecule has 2 rings (SSSR count). The molecule has 1 aliphatic rings. The predicted octanol–water partition coefficient (Wildman–Crippen LogP) is 4.18. The largest absolute Gasteiger partial charge is 0.406 e. The van der Waals surface area contributed by atoms with E-state index in [0.717, 1.165) is 0 Å². The molecule has 0 aliphatic heterocycles. The highest BCUT2D eigenvalue weighted by Gasteiger charge is 2.62. The second-order valence-corrected chi connectivity index (χ2v) is 4.93. The van der Waals surface area contributed by atoms with Crippen molar-refractivity contribution in [2.75, 3.05) is 0 Å². The molecule has 1 nitrogen and oxygen atoms in total. The van der Waals surface area contributed by atoms with Gasteiger partial charge >= 0.3 is 6.18 Å². The minimum atomic E-state index is -4.21. The van der Waals surface area contributed by atoms with Gasteiger partial charge in [-0.3, -0.25) is 5.32 Å².